The summed E-state index contributed by atoms with van der Waals surface area (Å²) in [5, 5.41) is 0. The van der Waals surface area contributed by atoms with E-state index in [2.05, 4.69) is 4.72 Å². The Hall–Kier alpha value is -0.990. The highest BCUT2D eigenvalue weighted by Gasteiger charge is 2.17. The summed E-state index contributed by atoms with van der Waals surface area (Å²) in [7, 11) is -4.86. The van der Waals surface area contributed by atoms with Gasteiger partial charge in [-0.1, -0.05) is 0 Å². The van der Waals surface area contributed by atoms with Crippen LogP contribution in [-0.2, 0) is 20.8 Å². The average molecular weight is 280 g/mol. The van der Waals surface area contributed by atoms with Crippen molar-refractivity contribution in [2.45, 2.75) is 4.90 Å². The zero-order valence-electron chi connectivity index (χ0n) is 9.14. The van der Waals surface area contributed by atoms with Crippen molar-refractivity contribution in [1.82, 2.24) is 4.72 Å². The van der Waals surface area contributed by atoms with Crippen LogP contribution in [0.4, 0.5) is 10.1 Å². The zero-order valence-corrected chi connectivity index (χ0v) is 10.8. The Morgan fingerprint density at radius 3 is 2.65 bits per heavy atom. The first-order valence-corrected chi connectivity index (χ1v) is 7.88. The second-order valence-electron chi connectivity index (χ2n) is 3.36. The van der Waals surface area contributed by atoms with Crippen molar-refractivity contribution in [2.75, 3.05) is 24.3 Å². The van der Waals surface area contributed by atoms with Crippen LogP contribution in [-0.4, -0.2) is 31.2 Å². The van der Waals surface area contributed by atoms with Crippen LogP contribution in [0.5, 0.6) is 0 Å². The molecule has 0 aliphatic rings. The van der Waals surface area contributed by atoms with Crippen LogP contribution < -0.4 is 10.5 Å². The number of nitrogens with one attached hydrogen (secondary N) is 1. The molecule has 0 fully saturated rings. The van der Waals surface area contributed by atoms with Crippen molar-refractivity contribution in [2.24, 2.45) is 0 Å². The average Bonchev–Trinajstić information content (AvgIpc) is 2.15. The van der Waals surface area contributed by atoms with E-state index in [1.807, 2.05) is 0 Å². The number of rotatable bonds is 5. The molecule has 17 heavy (non-hydrogen) atoms. The van der Waals surface area contributed by atoms with Gasteiger partial charge in [0, 0.05) is 29.4 Å². The third kappa shape index (κ3) is 4.06. The summed E-state index contributed by atoms with van der Waals surface area (Å²) in [5.74, 6) is -0.392. The van der Waals surface area contributed by atoms with Gasteiger partial charge in [-0.15, -0.1) is 0 Å². The number of benzene rings is 1. The lowest BCUT2D eigenvalue weighted by molar-refractivity contribution is 0.583. The number of hydrogen-bond donors (Lipinski definition) is 2. The van der Waals surface area contributed by atoms with Gasteiger partial charge in [0.2, 0.25) is 10.0 Å². The minimum absolute atomic E-state index is 0.0439. The van der Waals surface area contributed by atoms with Gasteiger partial charge in [-0.25, -0.2) is 17.5 Å². The van der Waals surface area contributed by atoms with Gasteiger partial charge >= 0.3 is 0 Å². The van der Waals surface area contributed by atoms with Gasteiger partial charge in [0.15, 0.2) is 0 Å². The molecule has 1 aromatic rings. The van der Waals surface area contributed by atoms with E-state index in [1.54, 1.807) is 0 Å². The molecule has 1 unspecified atom stereocenters. The number of hydrogen-bond acceptors (Lipinski definition) is 4. The van der Waals surface area contributed by atoms with Crippen LogP contribution in [0.2, 0.25) is 0 Å². The molecular weight excluding hydrogens is 267 g/mol. The van der Waals surface area contributed by atoms with E-state index >= 15 is 0 Å². The van der Waals surface area contributed by atoms with E-state index in [0.717, 1.165) is 18.2 Å². The fraction of sp³-hybridized carbons (Fsp3) is 0.333. The third-order valence-corrected chi connectivity index (χ3v) is 4.26. The molecule has 0 bridgehead atoms. The predicted octanol–water partition coefficient (Wildman–Crippen LogP) is 0.0647. The Kier molecular flexibility index (Phi) is 4.61. The Bertz CT molecular complexity index is 531. The molecule has 0 aliphatic heterocycles. The lowest BCUT2D eigenvalue weighted by Crippen LogP contribution is -2.28. The maximum absolute atomic E-state index is 12.8. The van der Waals surface area contributed by atoms with E-state index in [-0.39, 0.29) is 22.9 Å². The monoisotopic (exact) mass is 280 g/mol. The van der Waals surface area contributed by atoms with E-state index in [0.29, 0.717) is 0 Å². The fourth-order valence-electron chi connectivity index (χ4n) is 1.16. The van der Waals surface area contributed by atoms with Gasteiger partial charge < -0.3 is 5.73 Å². The van der Waals surface area contributed by atoms with Crippen molar-refractivity contribution in [3.63, 3.8) is 0 Å². The van der Waals surface area contributed by atoms with E-state index in [9.17, 15) is 17.0 Å². The second kappa shape index (κ2) is 5.56. The van der Waals surface area contributed by atoms with Crippen molar-refractivity contribution < 1.29 is 17.0 Å². The molecular formula is C9H13FN2O3S2. The molecule has 0 radical (unpaired) electrons. The highest BCUT2D eigenvalue weighted by molar-refractivity contribution is 7.89. The Balaban J connectivity index is 2.86. The van der Waals surface area contributed by atoms with Crippen molar-refractivity contribution in [3.8, 4) is 0 Å². The molecule has 3 N–H and O–H groups in total. The van der Waals surface area contributed by atoms with Gasteiger partial charge in [0.25, 0.3) is 0 Å². The summed E-state index contributed by atoms with van der Waals surface area (Å²) in [6.07, 6.45) is 1.47. The second-order valence-corrected chi connectivity index (χ2v) is 6.65. The lowest BCUT2D eigenvalue weighted by Gasteiger charge is -2.08. The van der Waals surface area contributed by atoms with E-state index in [4.69, 9.17) is 5.73 Å². The summed E-state index contributed by atoms with van der Waals surface area (Å²) >= 11 is 0. The molecule has 0 saturated heterocycles. The van der Waals surface area contributed by atoms with Crippen LogP contribution in [0.15, 0.2) is 23.1 Å². The highest BCUT2D eigenvalue weighted by atomic mass is 32.2. The summed E-state index contributed by atoms with van der Waals surface area (Å²) < 4.78 is 49.2. The minimum Gasteiger partial charge on any atom is -0.398 e. The lowest BCUT2D eigenvalue weighted by atomic mass is 10.3. The number of sulfonamides is 1. The number of nitrogens with two attached hydrogens (primary N) is 1. The summed E-state index contributed by atoms with van der Waals surface area (Å²) in [4.78, 5) is -0.180. The van der Waals surface area contributed by atoms with Crippen LogP contribution in [0.25, 0.3) is 0 Å². The summed E-state index contributed by atoms with van der Waals surface area (Å²) in [5.41, 5.74) is 5.26. The van der Waals surface area contributed by atoms with Gasteiger partial charge in [0.05, 0.1) is 5.69 Å². The smallest absolute Gasteiger partial charge is 0.242 e. The quantitative estimate of drug-likeness (QED) is 0.747. The summed E-state index contributed by atoms with van der Waals surface area (Å²) in [6, 6.07) is 3.05. The highest BCUT2D eigenvalue weighted by Crippen LogP contribution is 2.18. The topological polar surface area (TPSA) is 89.3 Å². The van der Waals surface area contributed by atoms with Crippen molar-refractivity contribution in [3.05, 3.63) is 24.0 Å². The molecule has 1 rings (SSSR count). The number of anilines is 1. The molecule has 0 aliphatic carbocycles. The first-order chi connectivity index (χ1) is 7.83. The summed E-state index contributed by atoms with van der Waals surface area (Å²) in [6.45, 7) is 0.0439. The Morgan fingerprint density at radius 2 is 2.12 bits per heavy atom. The number of halogens is 1. The molecule has 1 atom stereocenters. The zero-order chi connectivity index (χ0) is 13.1. The maximum Gasteiger partial charge on any atom is 0.242 e. The van der Waals surface area contributed by atoms with Crippen molar-refractivity contribution in [1.29, 1.82) is 0 Å². The maximum atomic E-state index is 12.8. The van der Waals surface area contributed by atoms with Gasteiger partial charge in [-0.2, -0.15) is 0 Å². The Morgan fingerprint density at radius 1 is 1.47 bits per heavy atom. The normalized spacial score (nSPS) is 13.5. The SMILES string of the molecule is CS(=O)CCNS(=O)(=O)c1ccc(F)cc1N. The Labute approximate surface area is 102 Å². The van der Waals surface area contributed by atoms with Crippen molar-refractivity contribution >= 4 is 26.5 Å². The molecule has 0 amide bonds. The molecule has 96 valence electrons. The first-order valence-electron chi connectivity index (χ1n) is 4.67. The van der Waals surface area contributed by atoms with Gasteiger partial charge in [-0.05, 0) is 18.2 Å². The molecule has 0 spiro atoms. The van der Waals surface area contributed by atoms with E-state index < -0.39 is 26.6 Å². The van der Waals surface area contributed by atoms with Gasteiger partial charge in [-0.3, -0.25) is 4.21 Å². The van der Waals surface area contributed by atoms with Crippen LogP contribution in [0.3, 0.4) is 0 Å². The van der Waals surface area contributed by atoms with Crippen LogP contribution in [0.1, 0.15) is 0 Å². The largest absolute Gasteiger partial charge is 0.398 e. The molecule has 0 saturated carbocycles. The first kappa shape index (κ1) is 14.1. The molecule has 0 aromatic heterocycles. The molecule has 0 heterocycles. The standard InChI is InChI=1S/C9H13FN2O3S2/c1-16(13)5-4-12-17(14,15)9-3-2-7(10)6-8(9)11/h2-3,6,12H,4-5,11H2,1H3. The molecule has 5 nitrogen and oxygen atoms in total. The third-order valence-electron chi connectivity index (χ3n) is 1.94. The predicted molar refractivity (Wildman–Crippen MR) is 64.9 cm³/mol. The van der Waals surface area contributed by atoms with E-state index in [1.165, 1.54) is 6.26 Å². The van der Waals surface area contributed by atoms with Crippen LogP contribution in [0, 0.1) is 5.82 Å². The molecule has 8 heteroatoms. The minimum atomic E-state index is -3.78. The fourth-order valence-corrected chi connectivity index (χ4v) is 2.82. The molecule has 1 aromatic carbocycles. The van der Waals surface area contributed by atoms with Gasteiger partial charge in [0.1, 0.15) is 10.7 Å². The number of nitrogen functional groups attached to an aromatic ring is 1. The van der Waals surface area contributed by atoms with Crippen LogP contribution >= 0.6 is 0 Å².